The van der Waals surface area contributed by atoms with Crippen molar-refractivity contribution >= 4 is 35.8 Å². The van der Waals surface area contributed by atoms with E-state index in [-0.39, 0.29) is 29.9 Å². The van der Waals surface area contributed by atoms with E-state index in [9.17, 15) is 4.79 Å². The Kier molecular flexibility index (Phi) is 13.9. The quantitative estimate of drug-likeness (QED) is 0.189. The Balaban J connectivity index is 0.00000420. The number of aliphatic imine (C=N–C) groups is 1. The molecular weight excluding hydrogens is 477 g/mol. The summed E-state index contributed by atoms with van der Waals surface area (Å²) in [4.78, 5) is 22.0. The van der Waals surface area contributed by atoms with Gasteiger partial charge in [0, 0.05) is 38.1 Å². The van der Waals surface area contributed by atoms with E-state index in [2.05, 4.69) is 41.2 Å². The van der Waals surface area contributed by atoms with Crippen molar-refractivity contribution in [3.8, 4) is 0 Å². The normalized spacial score (nSPS) is 20.2. The molecule has 0 bridgehead atoms. The average Bonchev–Trinajstić information content (AvgIpc) is 3.37. The number of guanidine groups is 1. The SMILES string of the molecule is CCCN(CCC)CCCN=C(NCC)NC1CCN(C(=O)C2CCCC2)C1.I. The van der Waals surface area contributed by atoms with Crippen LogP contribution in [0.5, 0.6) is 0 Å². The highest BCUT2D eigenvalue weighted by molar-refractivity contribution is 14.0. The van der Waals surface area contributed by atoms with Crippen LogP contribution in [0.1, 0.15) is 72.1 Å². The molecule has 170 valence electrons. The molecule has 1 amide bonds. The highest BCUT2D eigenvalue weighted by atomic mass is 127. The number of nitrogens with zero attached hydrogens (tertiary/aromatic N) is 3. The maximum Gasteiger partial charge on any atom is 0.225 e. The molecule has 2 N–H and O–H groups in total. The number of hydrogen-bond acceptors (Lipinski definition) is 3. The summed E-state index contributed by atoms with van der Waals surface area (Å²) in [6.07, 6.45) is 9.15. The van der Waals surface area contributed by atoms with Crippen LogP contribution < -0.4 is 10.6 Å². The number of rotatable bonds is 11. The Morgan fingerprint density at radius 2 is 1.76 bits per heavy atom. The van der Waals surface area contributed by atoms with Crippen molar-refractivity contribution in [3.63, 3.8) is 0 Å². The van der Waals surface area contributed by atoms with Crippen molar-refractivity contribution in [2.75, 3.05) is 45.8 Å². The smallest absolute Gasteiger partial charge is 0.225 e. The molecule has 2 rings (SSSR count). The lowest BCUT2D eigenvalue weighted by atomic mass is 10.1. The first kappa shape index (κ1) is 26.5. The zero-order chi connectivity index (χ0) is 20.2. The monoisotopic (exact) mass is 521 g/mol. The van der Waals surface area contributed by atoms with Gasteiger partial charge in [0.05, 0.1) is 0 Å². The van der Waals surface area contributed by atoms with Crippen molar-refractivity contribution in [2.24, 2.45) is 10.9 Å². The molecule has 1 aliphatic carbocycles. The van der Waals surface area contributed by atoms with E-state index in [1.165, 1.54) is 38.8 Å². The van der Waals surface area contributed by atoms with Crippen LogP contribution in [0.15, 0.2) is 4.99 Å². The number of nitrogens with one attached hydrogen (secondary N) is 2. The lowest BCUT2D eigenvalue weighted by Crippen LogP contribution is -2.45. The Morgan fingerprint density at radius 3 is 2.38 bits per heavy atom. The Hall–Kier alpha value is -0.570. The second-order valence-electron chi connectivity index (χ2n) is 8.35. The summed E-state index contributed by atoms with van der Waals surface area (Å²) in [6.45, 7) is 13.5. The molecule has 7 heteroatoms. The van der Waals surface area contributed by atoms with Gasteiger partial charge >= 0.3 is 0 Å². The third kappa shape index (κ3) is 9.40. The molecule has 1 heterocycles. The van der Waals surface area contributed by atoms with Crippen molar-refractivity contribution in [1.82, 2.24) is 20.4 Å². The Labute approximate surface area is 195 Å². The molecule has 0 spiro atoms. The zero-order valence-electron chi connectivity index (χ0n) is 18.9. The molecule has 0 aromatic carbocycles. The van der Waals surface area contributed by atoms with Crippen molar-refractivity contribution in [3.05, 3.63) is 0 Å². The van der Waals surface area contributed by atoms with Gasteiger partial charge in [-0.05, 0) is 65.1 Å². The summed E-state index contributed by atoms with van der Waals surface area (Å²) in [7, 11) is 0. The van der Waals surface area contributed by atoms with E-state index < -0.39 is 0 Å². The molecule has 1 atom stereocenters. The fraction of sp³-hybridized carbons (Fsp3) is 0.909. The van der Waals surface area contributed by atoms with Crippen molar-refractivity contribution in [2.45, 2.75) is 78.2 Å². The molecule has 2 fully saturated rings. The molecule has 1 aliphatic heterocycles. The molecule has 6 nitrogen and oxygen atoms in total. The van der Waals surface area contributed by atoms with Gasteiger partial charge in [0.25, 0.3) is 0 Å². The number of carbonyl (C=O) groups is 1. The molecule has 0 aromatic heterocycles. The minimum Gasteiger partial charge on any atom is -0.357 e. The first-order valence-electron chi connectivity index (χ1n) is 11.7. The van der Waals surface area contributed by atoms with E-state index in [1.807, 2.05) is 0 Å². The van der Waals surface area contributed by atoms with Crippen molar-refractivity contribution < 1.29 is 4.79 Å². The fourth-order valence-corrected chi connectivity index (χ4v) is 4.48. The summed E-state index contributed by atoms with van der Waals surface area (Å²) in [5.74, 6) is 1.57. The van der Waals surface area contributed by atoms with Crippen LogP contribution in [-0.4, -0.2) is 73.5 Å². The lowest BCUT2D eigenvalue weighted by Gasteiger charge is -2.22. The van der Waals surface area contributed by atoms with Crippen LogP contribution in [0, 0.1) is 5.92 Å². The van der Waals surface area contributed by atoms with E-state index in [1.54, 1.807) is 0 Å². The van der Waals surface area contributed by atoms with E-state index in [0.717, 1.165) is 64.4 Å². The number of likely N-dealkylation sites (tertiary alicyclic amines) is 1. The van der Waals surface area contributed by atoms with Gasteiger partial charge in [-0.1, -0.05) is 26.7 Å². The zero-order valence-corrected chi connectivity index (χ0v) is 21.2. The van der Waals surface area contributed by atoms with E-state index >= 15 is 0 Å². The largest absolute Gasteiger partial charge is 0.357 e. The van der Waals surface area contributed by atoms with Crippen LogP contribution in [0.2, 0.25) is 0 Å². The molecule has 1 saturated heterocycles. The summed E-state index contributed by atoms with van der Waals surface area (Å²) < 4.78 is 0. The van der Waals surface area contributed by atoms with Gasteiger partial charge < -0.3 is 20.4 Å². The third-order valence-electron chi connectivity index (χ3n) is 5.87. The number of hydrogen-bond donors (Lipinski definition) is 2. The van der Waals surface area contributed by atoms with Gasteiger partial charge in [-0.25, -0.2) is 0 Å². The van der Waals surface area contributed by atoms with Crippen LogP contribution in [0.25, 0.3) is 0 Å². The first-order valence-corrected chi connectivity index (χ1v) is 11.7. The predicted octanol–water partition coefficient (Wildman–Crippen LogP) is 3.46. The van der Waals surface area contributed by atoms with Gasteiger partial charge in [0.15, 0.2) is 5.96 Å². The highest BCUT2D eigenvalue weighted by Gasteiger charge is 2.32. The Bertz CT molecular complexity index is 476. The summed E-state index contributed by atoms with van der Waals surface area (Å²) >= 11 is 0. The number of carbonyl (C=O) groups excluding carboxylic acids is 1. The molecule has 29 heavy (non-hydrogen) atoms. The van der Waals surface area contributed by atoms with Crippen molar-refractivity contribution in [1.29, 1.82) is 0 Å². The number of amides is 1. The van der Waals surface area contributed by atoms with E-state index in [4.69, 9.17) is 4.99 Å². The topological polar surface area (TPSA) is 60.0 Å². The highest BCUT2D eigenvalue weighted by Crippen LogP contribution is 2.27. The minimum absolute atomic E-state index is 0. The number of halogens is 1. The van der Waals surface area contributed by atoms with Crippen LogP contribution in [0.3, 0.4) is 0 Å². The maximum atomic E-state index is 12.6. The molecule has 0 radical (unpaired) electrons. The van der Waals surface area contributed by atoms with Gasteiger partial charge in [-0.3, -0.25) is 9.79 Å². The maximum absolute atomic E-state index is 12.6. The van der Waals surface area contributed by atoms with Crippen LogP contribution in [-0.2, 0) is 4.79 Å². The van der Waals surface area contributed by atoms with Gasteiger partial charge in [0.1, 0.15) is 0 Å². The third-order valence-corrected chi connectivity index (χ3v) is 5.87. The van der Waals surface area contributed by atoms with Gasteiger partial charge in [-0.2, -0.15) is 0 Å². The summed E-state index contributed by atoms with van der Waals surface area (Å²) in [5, 5.41) is 6.93. The molecule has 1 saturated carbocycles. The predicted molar refractivity (Wildman–Crippen MR) is 133 cm³/mol. The van der Waals surface area contributed by atoms with E-state index in [0.29, 0.717) is 11.9 Å². The van der Waals surface area contributed by atoms with Crippen LogP contribution >= 0.6 is 24.0 Å². The molecule has 1 unspecified atom stereocenters. The summed E-state index contributed by atoms with van der Waals surface area (Å²) in [5.41, 5.74) is 0. The molecular formula is C22H44IN5O. The van der Waals surface area contributed by atoms with Crippen LogP contribution in [0.4, 0.5) is 0 Å². The minimum atomic E-state index is 0. The molecule has 2 aliphatic rings. The molecule has 0 aromatic rings. The lowest BCUT2D eigenvalue weighted by molar-refractivity contribution is -0.134. The average molecular weight is 522 g/mol. The fourth-order valence-electron chi connectivity index (χ4n) is 4.48. The summed E-state index contributed by atoms with van der Waals surface area (Å²) in [6, 6.07) is 0.319. The second kappa shape index (κ2) is 15.3. The van der Waals surface area contributed by atoms with Gasteiger partial charge in [0.2, 0.25) is 5.91 Å². The first-order chi connectivity index (χ1) is 13.7. The Morgan fingerprint density at radius 1 is 1.07 bits per heavy atom. The second-order valence-corrected chi connectivity index (χ2v) is 8.35. The van der Waals surface area contributed by atoms with Gasteiger partial charge in [-0.15, -0.1) is 24.0 Å². The standard InChI is InChI=1S/C22H43N5O.HI/c1-4-14-26(15-5-2)16-9-13-24-22(23-6-3)25-20-12-17-27(18-20)21(28)19-10-7-8-11-19;/h19-20H,4-18H2,1-3H3,(H2,23,24,25);1H.